The van der Waals surface area contributed by atoms with Crippen molar-refractivity contribution in [3.63, 3.8) is 0 Å². The predicted octanol–water partition coefficient (Wildman–Crippen LogP) is 4.07. The van der Waals surface area contributed by atoms with Crippen LogP contribution in [0.1, 0.15) is 44.6 Å². The molecule has 3 heteroatoms. The normalized spacial score (nSPS) is 24.2. The molecule has 2 atom stereocenters. The van der Waals surface area contributed by atoms with Crippen LogP contribution in [0.15, 0.2) is 18.2 Å². The Kier molecular flexibility index (Phi) is 5.32. The Balaban J connectivity index is 2.02. The van der Waals surface area contributed by atoms with Gasteiger partial charge in [0.2, 0.25) is 0 Å². The quantitative estimate of drug-likeness (QED) is 0.811. The highest BCUT2D eigenvalue weighted by Crippen LogP contribution is 2.27. The molecule has 0 saturated heterocycles. The summed E-state index contributed by atoms with van der Waals surface area (Å²) in [7, 11) is 0. The average Bonchev–Trinajstić information content (AvgIpc) is 2.60. The van der Waals surface area contributed by atoms with Gasteiger partial charge in [-0.3, -0.25) is 0 Å². The molecule has 1 aliphatic carbocycles. The van der Waals surface area contributed by atoms with Crippen molar-refractivity contribution in [2.24, 2.45) is 5.92 Å². The van der Waals surface area contributed by atoms with E-state index in [1.807, 2.05) is 0 Å². The van der Waals surface area contributed by atoms with Crippen LogP contribution in [0.25, 0.3) is 0 Å². The Morgan fingerprint density at radius 1 is 1.21 bits per heavy atom. The molecule has 1 N–H and O–H groups in total. The Morgan fingerprint density at radius 2 is 2.00 bits per heavy atom. The fourth-order valence-electron chi connectivity index (χ4n) is 3.13. The molecule has 0 bridgehead atoms. The van der Waals surface area contributed by atoms with E-state index in [9.17, 15) is 8.78 Å². The minimum absolute atomic E-state index is 0.273. The van der Waals surface area contributed by atoms with Crippen LogP contribution in [0.5, 0.6) is 0 Å². The van der Waals surface area contributed by atoms with Crippen LogP contribution >= 0.6 is 0 Å². The molecule has 1 fully saturated rings. The third-order valence-corrected chi connectivity index (χ3v) is 4.04. The van der Waals surface area contributed by atoms with Gasteiger partial charge in [0.05, 0.1) is 0 Å². The molecule has 106 valence electrons. The highest BCUT2D eigenvalue weighted by atomic mass is 19.1. The fourth-order valence-corrected chi connectivity index (χ4v) is 3.13. The van der Waals surface area contributed by atoms with Gasteiger partial charge < -0.3 is 5.32 Å². The van der Waals surface area contributed by atoms with Gasteiger partial charge in [-0.15, -0.1) is 0 Å². The van der Waals surface area contributed by atoms with Gasteiger partial charge in [0.25, 0.3) is 0 Å². The number of hydrogen-bond donors (Lipinski definition) is 1. The number of hydrogen-bond acceptors (Lipinski definition) is 1. The topological polar surface area (TPSA) is 12.0 Å². The van der Waals surface area contributed by atoms with Gasteiger partial charge in [-0.25, -0.2) is 8.78 Å². The molecule has 0 amide bonds. The molecule has 0 spiro atoms. The zero-order valence-electron chi connectivity index (χ0n) is 11.6. The van der Waals surface area contributed by atoms with Crippen LogP contribution in [0.2, 0.25) is 0 Å². The van der Waals surface area contributed by atoms with Crippen LogP contribution in [-0.4, -0.2) is 12.6 Å². The summed E-state index contributed by atoms with van der Waals surface area (Å²) in [6, 6.07) is 4.31. The Morgan fingerprint density at radius 3 is 2.79 bits per heavy atom. The van der Waals surface area contributed by atoms with Crippen molar-refractivity contribution in [3.05, 3.63) is 35.4 Å². The van der Waals surface area contributed by atoms with Crippen LogP contribution in [-0.2, 0) is 6.42 Å². The van der Waals surface area contributed by atoms with Crippen molar-refractivity contribution < 1.29 is 8.78 Å². The van der Waals surface area contributed by atoms with Gasteiger partial charge in [-0.1, -0.05) is 26.2 Å². The van der Waals surface area contributed by atoms with E-state index in [0.29, 0.717) is 23.9 Å². The summed E-state index contributed by atoms with van der Waals surface area (Å²) in [5, 5.41) is 3.50. The second kappa shape index (κ2) is 6.99. The summed E-state index contributed by atoms with van der Waals surface area (Å²) >= 11 is 0. The zero-order valence-corrected chi connectivity index (χ0v) is 11.6. The summed E-state index contributed by atoms with van der Waals surface area (Å²) in [5.41, 5.74) is 0.530. The first-order chi connectivity index (χ1) is 9.19. The number of halogens is 2. The van der Waals surface area contributed by atoms with E-state index < -0.39 is 0 Å². The molecule has 19 heavy (non-hydrogen) atoms. The smallest absolute Gasteiger partial charge is 0.126 e. The molecular weight excluding hydrogens is 244 g/mol. The van der Waals surface area contributed by atoms with Crippen LogP contribution < -0.4 is 5.32 Å². The molecule has 0 radical (unpaired) electrons. The molecule has 1 aliphatic rings. The third-order valence-electron chi connectivity index (χ3n) is 4.04. The van der Waals surface area contributed by atoms with E-state index in [1.54, 1.807) is 0 Å². The fraction of sp³-hybridized carbons (Fsp3) is 0.625. The van der Waals surface area contributed by atoms with E-state index in [0.717, 1.165) is 19.4 Å². The Hall–Kier alpha value is -0.960. The molecule has 1 nitrogen and oxygen atoms in total. The summed E-state index contributed by atoms with van der Waals surface area (Å²) in [6.07, 6.45) is 6.49. The largest absolute Gasteiger partial charge is 0.314 e. The number of nitrogens with one attached hydrogen (secondary N) is 1. The molecule has 0 heterocycles. The SMILES string of the molecule is CCNC1CCCCC(Cc2cc(F)ccc2F)C1. The average molecular weight is 267 g/mol. The van der Waals surface area contributed by atoms with Crippen molar-refractivity contribution in [2.75, 3.05) is 6.54 Å². The predicted molar refractivity (Wildman–Crippen MR) is 74.1 cm³/mol. The molecular formula is C16H23F2N. The Labute approximate surface area is 114 Å². The molecule has 1 aromatic carbocycles. The maximum atomic E-state index is 13.7. The molecule has 1 saturated carbocycles. The molecule has 0 aromatic heterocycles. The lowest BCUT2D eigenvalue weighted by molar-refractivity contribution is 0.384. The molecule has 1 aromatic rings. The number of rotatable bonds is 4. The highest BCUT2D eigenvalue weighted by molar-refractivity contribution is 5.19. The summed E-state index contributed by atoms with van der Waals surface area (Å²) in [4.78, 5) is 0. The van der Waals surface area contributed by atoms with Crippen LogP contribution in [0.4, 0.5) is 8.78 Å². The van der Waals surface area contributed by atoms with E-state index in [-0.39, 0.29) is 11.6 Å². The standard InChI is InChI=1S/C16H23F2N/c1-2-19-15-6-4-3-5-12(10-15)9-13-11-14(17)7-8-16(13)18/h7-8,11-12,15,19H,2-6,9-10H2,1H3. The zero-order chi connectivity index (χ0) is 13.7. The lowest BCUT2D eigenvalue weighted by Gasteiger charge is -2.21. The first kappa shape index (κ1) is 14.4. The van der Waals surface area contributed by atoms with Crippen LogP contribution in [0, 0.1) is 17.6 Å². The molecule has 2 rings (SSSR count). The van der Waals surface area contributed by atoms with Crippen LogP contribution in [0.3, 0.4) is 0 Å². The summed E-state index contributed by atoms with van der Waals surface area (Å²) < 4.78 is 26.9. The summed E-state index contributed by atoms with van der Waals surface area (Å²) in [6.45, 7) is 3.10. The van der Waals surface area contributed by atoms with Gasteiger partial charge in [0, 0.05) is 6.04 Å². The maximum Gasteiger partial charge on any atom is 0.126 e. The first-order valence-corrected chi connectivity index (χ1v) is 7.36. The first-order valence-electron chi connectivity index (χ1n) is 7.36. The van der Waals surface area contributed by atoms with Crippen molar-refractivity contribution in [3.8, 4) is 0 Å². The van der Waals surface area contributed by atoms with Gasteiger partial charge in [0.1, 0.15) is 11.6 Å². The minimum Gasteiger partial charge on any atom is -0.314 e. The van der Waals surface area contributed by atoms with Gasteiger partial charge in [-0.2, -0.15) is 0 Å². The maximum absolute atomic E-state index is 13.7. The second-order valence-electron chi connectivity index (χ2n) is 5.58. The van der Waals surface area contributed by atoms with Gasteiger partial charge in [0.15, 0.2) is 0 Å². The van der Waals surface area contributed by atoms with Gasteiger partial charge >= 0.3 is 0 Å². The van der Waals surface area contributed by atoms with E-state index in [1.165, 1.54) is 37.5 Å². The monoisotopic (exact) mass is 267 g/mol. The minimum atomic E-state index is -0.340. The van der Waals surface area contributed by atoms with Crippen molar-refractivity contribution in [2.45, 2.75) is 51.5 Å². The van der Waals surface area contributed by atoms with E-state index >= 15 is 0 Å². The lowest BCUT2D eigenvalue weighted by atomic mass is 9.91. The highest BCUT2D eigenvalue weighted by Gasteiger charge is 2.21. The van der Waals surface area contributed by atoms with Crippen molar-refractivity contribution >= 4 is 0 Å². The van der Waals surface area contributed by atoms with E-state index in [2.05, 4.69) is 12.2 Å². The van der Waals surface area contributed by atoms with Crippen molar-refractivity contribution in [1.29, 1.82) is 0 Å². The van der Waals surface area contributed by atoms with E-state index in [4.69, 9.17) is 0 Å². The summed E-state index contributed by atoms with van der Waals surface area (Å²) in [5.74, 6) is -0.151. The van der Waals surface area contributed by atoms with Gasteiger partial charge in [-0.05, 0) is 55.5 Å². The Bertz CT molecular complexity index is 406. The second-order valence-corrected chi connectivity index (χ2v) is 5.58. The lowest BCUT2D eigenvalue weighted by Crippen LogP contribution is -2.30. The van der Waals surface area contributed by atoms with Crippen molar-refractivity contribution in [1.82, 2.24) is 5.32 Å². The third kappa shape index (κ3) is 4.27. The molecule has 2 unspecified atom stereocenters. The molecule has 0 aliphatic heterocycles. The number of benzene rings is 1.